The zero-order chi connectivity index (χ0) is 24.5. The topological polar surface area (TPSA) is 93.1 Å². The van der Waals surface area contributed by atoms with Gasteiger partial charge in [-0.2, -0.15) is 5.10 Å². The summed E-state index contributed by atoms with van der Waals surface area (Å²) in [5, 5.41) is 7.71. The van der Waals surface area contributed by atoms with Crippen LogP contribution in [0.5, 0.6) is 0 Å². The van der Waals surface area contributed by atoms with Crippen LogP contribution in [0.1, 0.15) is 31.2 Å². The zero-order valence-corrected chi connectivity index (χ0v) is 20.8. The lowest BCUT2D eigenvalue weighted by atomic mass is 9.90. The second-order valence-corrected chi connectivity index (χ2v) is 11.2. The van der Waals surface area contributed by atoms with Gasteiger partial charge in [-0.3, -0.25) is 10.00 Å². The minimum absolute atomic E-state index is 0.228. The van der Waals surface area contributed by atoms with E-state index in [1.165, 1.54) is 9.55 Å². The first-order valence-electron chi connectivity index (χ1n) is 12.4. The van der Waals surface area contributed by atoms with Gasteiger partial charge in [-0.25, -0.2) is 17.4 Å². The minimum Gasteiger partial charge on any atom is -0.380 e. The van der Waals surface area contributed by atoms with Gasteiger partial charge in [0, 0.05) is 60.8 Å². The number of fused-ring (bicyclic) bond motifs is 1. The van der Waals surface area contributed by atoms with E-state index in [1.807, 2.05) is 6.20 Å². The molecule has 4 heterocycles. The molecule has 1 saturated heterocycles. The zero-order valence-electron chi connectivity index (χ0n) is 20.0. The molecule has 9 heteroatoms. The number of benzene rings is 1. The molecule has 1 aromatic carbocycles. The molecule has 6 rings (SSSR count). The molecule has 3 aromatic heterocycles. The predicted molar refractivity (Wildman–Crippen MR) is 139 cm³/mol. The Labute approximate surface area is 210 Å². The Hall–Kier alpha value is -3.27. The summed E-state index contributed by atoms with van der Waals surface area (Å²) in [4.78, 5) is 7.48. The predicted octanol–water partition coefficient (Wildman–Crippen LogP) is 4.32. The molecule has 1 aliphatic carbocycles. The van der Waals surface area contributed by atoms with Crippen LogP contribution in [0.25, 0.3) is 27.7 Å². The molecule has 1 aliphatic heterocycles. The van der Waals surface area contributed by atoms with E-state index in [0.29, 0.717) is 11.7 Å². The highest BCUT2D eigenvalue weighted by molar-refractivity contribution is 7.90. The van der Waals surface area contributed by atoms with Gasteiger partial charge < -0.3 is 4.74 Å². The Kier molecular flexibility index (Phi) is 6.20. The highest BCUT2D eigenvalue weighted by Gasteiger charge is 2.26. The molecule has 0 bridgehead atoms. The van der Waals surface area contributed by atoms with Gasteiger partial charge >= 0.3 is 0 Å². The maximum Gasteiger partial charge on any atom is 0.269 e. The third-order valence-corrected chi connectivity index (χ3v) is 8.91. The summed E-state index contributed by atoms with van der Waals surface area (Å²) in [6, 6.07) is 11.1. The fourth-order valence-corrected chi connectivity index (χ4v) is 6.66. The molecule has 0 amide bonds. The van der Waals surface area contributed by atoms with E-state index in [1.54, 1.807) is 48.9 Å². The number of aromatic nitrogens is 4. The number of hydrogen-bond donors (Lipinski definition) is 1. The molecule has 0 radical (unpaired) electrons. The van der Waals surface area contributed by atoms with Crippen molar-refractivity contribution in [3.05, 3.63) is 72.8 Å². The van der Waals surface area contributed by atoms with E-state index in [0.717, 1.165) is 74.1 Å². The highest BCUT2D eigenvalue weighted by Crippen LogP contribution is 2.35. The van der Waals surface area contributed by atoms with Crippen molar-refractivity contribution in [2.45, 2.75) is 36.6 Å². The monoisotopic (exact) mass is 503 g/mol. The molecule has 1 fully saturated rings. The summed E-state index contributed by atoms with van der Waals surface area (Å²) in [7, 11) is -3.80. The number of allylic oxidation sites excluding steroid dienone is 1. The van der Waals surface area contributed by atoms with Crippen LogP contribution in [-0.4, -0.2) is 64.8 Å². The molecule has 0 saturated carbocycles. The Morgan fingerprint density at radius 3 is 2.72 bits per heavy atom. The van der Waals surface area contributed by atoms with Crippen LogP contribution >= 0.6 is 0 Å². The van der Waals surface area contributed by atoms with E-state index in [4.69, 9.17) is 4.74 Å². The number of nitrogens with zero attached hydrogens (tertiary/aromatic N) is 4. The fourth-order valence-electron chi connectivity index (χ4n) is 5.32. The van der Waals surface area contributed by atoms with E-state index in [2.05, 4.69) is 32.2 Å². The van der Waals surface area contributed by atoms with Gasteiger partial charge in [-0.05, 0) is 55.0 Å². The second kappa shape index (κ2) is 9.65. The molecule has 8 nitrogen and oxygen atoms in total. The second-order valence-electron chi connectivity index (χ2n) is 9.40. The lowest BCUT2D eigenvalue weighted by Crippen LogP contribution is -2.37. The number of aromatic amines is 1. The first kappa shape index (κ1) is 23.1. The average molecular weight is 504 g/mol. The average Bonchev–Trinajstić information content (AvgIpc) is 3.50. The van der Waals surface area contributed by atoms with Crippen LogP contribution in [-0.2, 0) is 14.8 Å². The number of H-pyrrole nitrogens is 1. The van der Waals surface area contributed by atoms with E-state index < -0.39 is 10.0 Å². The maximum atomic E-state index is 13.5. The highest BCUT2D eigenvalue weighted by atomic mass is 32.2. The minimum atomic E-state index is -3.80. The number of pyridine rings is 1. The van der Waals surface area contributed by atoms with Gasteiger partial charge in [0.25, 0.3) is 10.0 Å². The molecule has 1 N–H and O–H groups in total. The van der Waals surface area contributed by atoms with Gasteiger partial charge in [0.1, 0.15) is 0 Å². The Morgan fingerprint density at radius 2 is 1.94 bits per heavy atom. The van der Waals surface area contributed by atoms with E-state index in [9.17, 15) is 8.42 Å². The number of hydrogen-bond acceptors (Lipinski definition) is 6. The van der Waals surface area contributed by atoms with Crippen molar-refractivity contribution in [3.63, 3.8) is 0 Å². The maximum absolute atomic E-state index is 13.5. The van der Waals surface area contributed by atoms with Gasteiger partial charge in [0.2, 0.25) is 0 Å². The molecule has 0 spiro atoms. The molecule has 36 heavy (non-hydrogen) atoms. The standard InChI is InChI=1S/C27H29N5O3S/c33-36(34,24-5-2-1-3-6-24)32-19-26(22-17-29-30-18-22)25-15-21(16-28-27(25)32)20-7-9-23(10-8-20)31-11-4-13-35-14-12-31/h1-3,5-7,15-19,23H,4,8-14H2,(H,29,30). The van der Waals surface area contributed by atoms with Crippen LogP contribution in [0.2, 0.25) is 0 Å². The molecule has 2 aliphatic rings. The Morgan fingerprint density at radius 1 is 1.06 bits per heavy atom. The third-order valence-electron chi connectivity index (χ3n) is 7.25. The lowest BCUT2D eigenvalue weighted by molar-refractivity contribution is 0.129. The van der Waals surface area contributed by atoms with Crippen molar-refractivity contribution in [2.24, 2.45) is 0 Å². The first-order valence-corrected chi connectivity index (χ1v) is 13.9. The Bertz CT molecular complexity index is 1490. The quantitative estimate of drug-likeness (QED) is 0.436. The van der Waals surface area contributed by atoms with Crippen molar-refractivity contribution >= 4 is 26.6 Å². The van der Waals surface area contributed by atoms with Gasteiger partial charge in [-0.15, -0.1) is 0 Å². The van der Waals surface area contributed by atoms with Crippen LogP contribution in [0.15, 0.2) is 72.2 Å². The van der Waals surface area contributed by atoms with Crippen LogP contribution in [0, 0.1) is 0 Å². The van der Waals surface area contributed by atoms with Gasteiger partial charge in [-0.1, -0.05) is 24.3 Å². The van der Waals surface area contributed by atoms with Crippen LogP contribution in [0.4, 0.5) is 0 Å². The molecule has 1 unspecified atom stereocenters. The van der Waals surface area contributed by atoms with Gasteiger partial charge in [0.05, 0.1) is 17.7 Å². The SMILES string of the molecule is O=S(=O)(c1ccccc1)n1cc(-c2cn[nH]c2)c2cc(C3=CCC(N4CCCOCC4)CC3)cnc21. The number of nitrogens with one attached hydrogen (secondary N) is 1. The molecular formula is C27H29N5O3S. The van der Waals surface area contributed by atoms with Crippen molar-refractivity contribution in [1.29, 1.82) is 0 Å². The van der Waals surface area contributed by atoms with Crippen molar-refractivity contribution in [2.75, 3.05) is 26.3 Å². The Balaban J connectivity index is 1.38. The smallest absolute Gasteiger partial charge is 0.269 e. The third kappa shape index (κ3) is 4.27. The van der Waals surface area contributed by atoms with E-state index in [-0.39, 0.29) is 4.90 Å². The van der Waals surface area contributed by atoms with E-state index >= 15 is 0 Å². The normalized spacial score (nSPS) is 19.8. The molecule has 1 atom stereocenters. The van der Waals surface area contributed by atoms with Crippen molar-refractivity contribution < 1.29 is 13.2 Å². The summed E-state index contributed by atoms with van der Waals surface area (Å²) in [5.41, 5.74) is 4.33. The largest absolute Gasteiger partial charge is 0.380 e. The first-order chi connectivity index (χ1) is 17.6. The summed E-state index contributed by atoms with van der Waals surface area (Å²) in [5.74, 6) is 0. The van der Waals surface area contributed by atoms with Crippen LogP contribution < -0.4 is 0 Å². The van der Waals surface area contributed by atoms with Crippen molar-refractivity contribution in [3.8, 4) is 11.1 Å². The van der Waals surface area contributed by atoms with Crippen LogP contribution in [0.3, 0.4) is 0 Å². The molecule has 186 valence electrons. The summed E-state index contributed by atoms with van der Waals surface area (Å²) in [6.45, 7) is 3.76. The summed E-state index contributed by atoms with van der Waals surface area (Å²) < 4.78 is 33.9. The number of ether oxygens (including phenoxy) is 1. The lowest BCUT2D eigenvalue weighted by Gasteiger charge is -2.32. The summed E-state index contributed by atoms with van der Waals surface area (Å²) in [6.07, 6.45) is 13.4. The van der Waals surface area contributed by atoms with Gasteiger partial charge in [0.15, 0.2) is 5.65 Å². The fraction of sp³-hybridized carbons (Fsp3) is 0.333. The summed E-state index contributed by atoms with van der Waals surface area (Å²) >= 11 is 0. The van der Waals surface area contributed by atoms with Crippen molar-refractivity contribution in [1.82, 2.24) is 24.1 Å². The molecule has 4 aromatic rings. The number of rotatable bonds is 5. The molecular weight excluding hydrogens is 474 g/mol.